The second kappa shape index (κ2) is 15.3. The van der Waals surface area contributed by atoms with Crippen LogP contribution >= 0.6 is 23.2 Å². The van der Waals surface area contributed by atoms with Crippen LogP contribution < -0.4 is 9.47 Å². The Morgan fingerprint density at radius 2 is 1.06 bits per heavy atom. The van der Waals surface area contributed by atoms with Gasteiger partial charge in [0.15, 0.2) is 12.2 Å². The Bertz CT molecular complexity index is 884. The minimum Gasteiger partial charge on any atom is -0.481 e. The normalized spacial score (nSPS) is 12.4. The van der Waals surface area contributed by atoms with Crippen LogP contribution in [0, 0.1) is 0 Å². The first-order chi connectivity index (χ1) is 16.4. The van der Waals surface area contributed by atoms with Gasteiger partial charge in [0, 0.05) is 11.1 Å². The zero-order valence-corrected chi connectivity index (χ0v) is 20.3. The SMILES string of the molecule is O=Cc1cccc(OC(CCCCCCCCC(Oc2cccc(C=O)c2)C(=O)Cl)C(=O)Cl)c1. The Morgan fingerprint density at radius 1 is 0.676 bits per heavy atom. The van der Waals surface area contributed by atoms with Gasteiger partial charge in [-0.15, -0.1) is 0 Å². The number of carbonyl (C=O) groups is 4. The van der Waals surface area contributed by atoms with E-state index in [-0.39, 0.29) is 0 Å². The lowest BCUT2D eigenvalue weighted by molar-refractivity contribution is -0.118. The summed E-state index contributed by atoms with van der Waals surface area (Å²) in [7, 11) is 0. The van der Waals surface area contributed by atoms with Crippen LogP contribution in [0.4, 0.5) is 0 Å². The molecule has 0 saturated heterocycles. The van der Waals surface area contributed by atoms with Crippen molar-refractivity contribution in [3.05, 3.63) is 59.7 Å². The van der Waals surface area contributed by atoms with Crippen LogP contribution in [-0.4, -0.2) is 35.3 Å². The Kier molecular flexibility index (Phi) is 12.4. The third-order valence-electron chi connectivity index (χ3n) is 5.23. The molecular weight excluding hydrogens is 479 g/mol. The van der Waals surface area contributed by atoms with Crippen molar-refractivity contribution in [1.29, 1.82) is 0 Å². The number of aldehydes is 2. The fraction of sp³-hybridized carbons (Fsp3) is 0.385. The number of benzene rings is 2. The molecule has 34 heavy (non-hydrogen) atoms. The summed E-state index contributed by atoms with van der Waals surface area (Å²) in [6.07, 6.45) is 6.19. The van der Waals surface area contributed by atoms with Crippen molar-refractivity contribution >= 4 is 46.3 Å². The maximum atomic E-state index is 11.7. The number of hydrogen-bond acceptors (Lipinski definition) is 6. The van der Waals surface area contributed by atoms with E-state index in [2.05, 4.69) is 0 Å². The van der Waals surface area contributed by atoms with Crippen molar-refractivity contribution < 1.29 is 28.7 Å². The highest BCUT2D eigenvalue weighted by Crippen LogP contribution is 2.20. The van der Waals surface area contributed by atoms with Crippen molar-refractivity contribution in [2.45, 2.75) is 63.6 Å². The van der Waals surface area contributed by atoms with Crippen molar-refractivity contribution in [2.24, 2.45) is 0 Å². The van der Waals surface area contributed by atoms with Gasteiger partial charge in [0.05, 0.1) is 0 Å². The minimum absolute atomic E-state index is 0.437. The Labute approximate surface area is 209 Å². The average Bonchev–Trinajstić information content (AvgIpc) is 2.84. The Hall–Kier alpha value is -2.70. The smallest absolute Gasteiger partial charge is 0.262 e. The molecule has 2 aromatic rings. The highest BCUT2D eigenvalue weighted by atomic mass is 35.5. The van der Waals surface area contributed by atoms with Crippen LogP contribution in [0.3, 0.4) is 0 Å². The highest BCUT2D eigenvalue weighted by Gasteiger charge is 2.19. The summed E-state index contributed by atoms with van der Waals surface area (Å²) in [5, 5.41) is -1.13. The maximum Gasteiger partial charge on any atom is 0.262 e. The predicted molar refractivity (Wildman–Crippen MR) is 131 cm³/mol. The number of halogens is 2. The third-order valence-corrected chi connectivity index (χ3v) is 5.72. The van der Waals surface area contributed by atoms with Crippen LogP contribution in [0.5, 0.6) is 11.5 Å². The summed E-state index contributed by atoms with van der Waals surface area (Å²) in [5.74, 6) is 0.874. The number of carbonyl (C=O) groups excluding carboxylic acids is 4. The molecule has 0 aliphatic heterocycles. The van der Waals surface area contributed by atoms with Gasteiger partial charge in [-0.05, 0) is 73.2 Å². The molecule has 2 unspecified atom stereocenters. The third kappa shape index (κ3) is 10.1. The molecule has 2 atom stereocenters. The second-order valence-electron chi connectivity index (χ2n) is 7.90. The number of rotatable bonds is 17. The zero-order valence-electron chi connectivity index (χ0n) is 18.8. The van der Waals surface area contributed by atoms with E-state index in [0.717, 1.165) is 38.5 Å². The molecule has 2 aromatic carbocycles. The van der Waals surface area contributed by atoms with Crippen LogP contribution in [-0.2, 0) is 9.59 Å². The molecule has 0 saturated carbocycles. The molecule has 0 spiro atoms. The number of unbranched alkanes of at least 4 members (excludes halogenated alkanes) is 5. The molecule has 0 fully saturated rings. The van der Waals surface area contributed by atoms with Gasteiger partial charge in [-0.3, -0.25) is 19.2 Å². The minimum atomic E-state index is -0.756. The summed E-state index contributed by atoms with van der Waals surface area (Å²) < 4.78 is 11.3. The first-order valence-electron chi connectivity index (χ1n) is 11.3. The van der Waals surface area contributed by atoms with E-state index in [4.69, 9.17) is 32.7 Å². The lowest BCUT2D eigenvalue weighted by atomic mass is 10.0. The molecule has 0 N–H and O–H groups in total. The van der Waals surface area contributed by atoms with E-state index in [1.165, 1.54) is 0 Å². The van der Waals surface area contributed by atoms with E-state index >= 15 is 0 Å². The van der Waals surface area contributed by atoms with Gasteiger partial charge < -0.3 is 9.47 Å². The first-order valence-corrected chi connectivity index (χ1v) is 12.0. The van der Waals surface area contributed by atoms with E-state index < -0.39 is 22.7 Å². The summed E-state index contributed by atoms with van der Waals surface area (Å²) in [4.78, 5) is 45.2. The van der Waals surface area contributed by atoms with E-state index in [1.54, 1.807) is 48.5 Å². The fourth-order valence-corrected chi connectivity index (χ4v) is 3.76. The predicted octanol–water partition coefficient (Wildman–Crippen LogP) is 6.16. The molecule has 0 amide bonds. The van der Waals surface area contributed by atoms with Gasteiger partial charge in [-0.1, -0.05) is 49.9 Å². The topological polar surface area (TPSA) is 86.7 Å². The molecule has 0 heterocycles. The lowest BCUT2D eigenvalue weighted by Gasteiger charge is -2.16. The van der Waals surface area contributed by atoms with Gasteiger partial charge in [0.25, 0.3) is 10.5 Å². The molecule has 8 heteroatoms. The van der Waals surface area contributed by atoms with Gasteiger partial charge >= 0.3 is 0 Å². The molecule has 0 radical (unpaired) electrons. The standard InChI is InChI=1S/C26H28Cl2O6/c27-25(31)23(33-21-11-7-9-19(15-21)17-29)13-5-3-1-2-4-6-14-24(26(28)32)34-22-12-8-10-20(16-22)18-30/h7-12,15-18,23-24H,1-6,13-14H2. The fourth-order valence-electron chi connectivity index (χ4n) is 3.45. The van der Waals surface area contributed by atoms with Crippen molar-refractivity contribution in [3.63, 3.8) is 0 Å². The summed E-state index contributed by atoms with van der Waals surface area (Å²) >= 11 is 11.4. The van der Waals surface area contributed by atoms with Crippen LogP contribution in [0.15, 0.2) is 48.5 Å². The van der Waals surface area contributed by atoms with E-state index in [1.807, 2.05) is 0 Å². The van der Waals surface area contributed by atoms with Crippen LogP contribution in [0.25, 0.3) is 0 Å². The molecular formula is C26H28Cl2O6. The second-order valence-corrected chi connectivity index (χ2v) is 8.65. The Balaban J connectivity index is 1.65. The molecule has 0 bridgehead atoms. The zero-order chi connectivity index (χ0) is 24.8. The summed E-state index contributed by atoms with van der Waals surface area (Å²) in [5.41, 5.74) is 0.938. The molecule has 6 nitrogen and oxygen atoms in total. The van der Waals surface area contributed by atoms with Crippen molar-refractivity contribution in [1.82, 2.24) is 0 Å². The van der Waals surface area contributed by atoms with Crippen LogP contribution in [0.1, 0.15) is 72.1 Å². The number of ether oxygens (including phenoxy) is 2. The summed E-state index contributed by atoms with van der Waals surface area (Å²) in [6, 6.07) is 13.2. The van der Waals surface area contributed by atoms with E-state index in [0.29, 0.717) is 48.0 Å². The largest absolute Gasteiger partial charge is 0.481 e. The molecule has 2 rings (SSSR count). The van der Waals surface area contributed by atoms with Gasteiger partial charge in [-0.2, -0.15) is 0 Å². The quantitative estimate of drug-likeness (QED) is 0.145. The monoisotopic (exact) mass is 506 g/mol. The van der Waals surface area contributed by atoms with Crippen molar-refractivity contribution in [3.8, 4) is 11.5 Å². The lowest BCUT2D eigenvalue weighted by Crippen LogP contribution is -2.23. The molecule has 0 aliphatic carbocycles. The molecule has 0 aliphatic rings. The average molecular weight is 507 g/mol. The van der Waals surface area contributed by atoms with Crippen LogP contribution in [0.2, 0.25) is 0 Å². The number of hydrogen-bond donors (Lipinski definition) is 0. The molecule has 0 aromatic heterocycles. The van der Waals surface area contributed by atoms with E-state index in [9.17, 15) is 19.2 Å². The van der Waals surface area contributed by atoms with Gasteiger partial charge in [0.1, 0.15) is 24.1 Å². The highest BCUT2D eigenvalue weighted by molar-refractivity contribution is 6.64. The first kappa shape index (κ1) is 27.5. The summed E-state index contributed by atoms with van der Waals surface area (Å²) in [6.45, 7) is 0. The maximum absolute atomic E-state index is 11.7. The van der Waals surface area contributed by atoms with Gasteiger partial charge in [-0.25, -0.2) is 0 Å². The molecule has 182 valence electrons. The van der Waals surface area contributed by atoms with Gasteiger partial charge in [0.2, 0.25) is 0 Å². The Morgan fingerprint density at radius 3 is 1.41 bits per heavy atom. The van der Waals surface area contributed by atoms with Crippen molar-refractivity contribution in [2.75, 3.05) is 0 Å².